The Balaban J connectivity index is 1.41. The normalized spacial score (nSPS) is 16.1. The van der Waals surface area contributed by atoms with Crippen LogP contribution in [-0.2, 0) is 6.42 Å². The lowest BCUT2D eigenvalue weighted by Gasteiger charge is -2.17. The van der Waals surface area contributed by atoms with Crippen molar-refractivity contribution in [3.8, 4) is 17.5 Å². The maximum absolute atomic E-state index is 12.3. The van der Waals surface area contributed by atoms with Gasteiger partial charge in [0.05, 0.1) is 33.2 Å². The van der Waals surface area contributed by atoms with Gasteiger partial charge in [0.15, 0.2) is 0 Å². The van der Waals surface area contributed by atoms with Crippen molar-refractivity contribution in [2.24, 2.45) is 0 Å². The van der Waals surface area contributed by atoms with Crippen LogP contribution in [0.15, 0.2) is 36.7 Å². The van der Waals surface area contributed by atoms with Gasteiger partial charge in [0, 0.05) is 19.5 Å². The van der Waals surface area contributed by atoms with Crippen LogP contribution in [0.1, 0.15) is 12.0 Å². The fourth-order valence-electron chi connectivity index (χ4n) is 2.88. The minimum atomic E-state index is -0.0984. The Hall–Kier alpha value is -3.03. The van der Waals surface area contributed by atoms with Crippen molar-refractivity contribution in [3.05, 3.63) is 42.2 Å². The maximum atomic E-state index is 12.3. The van der Waals surface area contributed by atoms with E-state index in [2.05, 4.69) is 15.3 Å². The number of methoxy groups -OCH3 is 2. The van der Waals surface area contributed by atoms with E-state index >= 15 is 0 Å². The van der Waals surface area contributed by atoms with E-state index in [1.54, 1.807) is 18.2 Å². The molecule has 1 aliphatic rings. The van der Waals surface area contributed by atoms with E-state index < -0.39 is 0 Å². The Labute approximate surface area is 158 Å². The average molecular weight is 372 g/mol. The van der Waals surface area contributed by atoms with E-state index in [4.69, 9.17) is 14.2 Å². The topological polar surface area (TPSA) is 85.8 Å². The van der Waals surface area contributed by atoms with E-state index in [9.17, 15) is 4.79 Å². The van der Waals surface area contributed by atoms with E-state index in [0.717, 1.165) is 24.2 Å². The summed E-state index contributed by atoms with van der Waals surface area (Å²) >= 11 is 0. The molecule has 3 rings (SSSR count). The fourth-order valence-corrected chi connectivity index (χ4v) is 2.88. The van der Waals surface area contributed by atoms with Gasteiger partial charge in [-0.15, -0.1) is 0 Å². The number of nitrogens with one attached hydrogen (secondary N) is 1. The van der Waals surface area contributed by atoms with Crippen LogP contribution in [0, 0.1) is 0 Å². The van der Waals surface area contributed by atoms with Gasteiger partial charge in [-0.1, -0.05) is 12.1 Å². The second kappa shape index (κ2) is 9.07. The smallest absolute Gasteiger partial charge is 0.317 e. The average Bonchev–Trinajstić information content (AvgIpc) is 3.17. The van der Waals surface area contributed by atoms with Crippen LogP contribution in [-0.4, -0.2) is 60.9 Å². The van der Waals surface area contributed by atoms with Crippen LogP contribution in [0.5, 0.6) is 17.5 Å². The predicted octanol–water partition coefficient (Wildman–Crippen LogP) is 1.90. The molecule has 0 saturated carbocycles. The number of hydrogen-bond acceptors (Lipinski definition) is 6. The van der Waals surface area contributed by atoms with Gasteiger partial charge in [-0.3, -0.25) is 4.98 Å². The summed E-state index contributed by atoms with van der Waals surface area (Å²) in [5, 5.41) is 2.96. The number of aromatic nitrogens is 2. The number of ether oxygens (including phenoxy) is 3. The predicted molar refractivity (Wildman–Crippen MR) is 99.3 cm³/mol. The molecular weight excluding hydrogens is 348 g/mol. The molecule has 1 saturated heterocycles. The number of carbonyl (C=O) groups is 1. The highest BCUT2D eigenvalue weighted by atomic mass is 16.5. The summed E-state index contributed by atoms with van der Waals surface area (Å²) < 4.78 is 16.0. The summed E-state index contributed by atoms with van der Waals surface area (Å²) in [7, 11) is 3.17. The van der Waals surface area contributed by atoms with Crippen molar-refractivity contribution in [2.45, 2.75) is 18.9 Å². The monoisotopic (exact) mass is 372 g/mol. The van der Waals surface area contributed by atoms with Gasteiger partial charge in [0.2, 0.25) is 11.8 Å². The first-order valence-electron chi connectivity index (χ1n) is 8.86. The summed E-state index contributed by atoms with van der Waals surface area (Å²) in [4.78, 5) is 22.3. The Morgan fingerprint density at radius 3 is 2.70 bits per heavy atom. The number of rotatable bonds is 7. The minimum absolute atomic E-state index is 0.0775. The zero-order chi connectivity index (χ0) is 19.1. The van der Waals surface area contributed by atoms with Crippen LogP contribution >= 0.6 is 0 Å². The molecule has 8 nitrogen and oxygen atoms in total. The van der Waals surface area contributed by atoms with Gasteiger partial charge in [-0.05, 0) is 24.1 Å². The lowest BCUT2D eigenvalue weighted by Crippen LogP contribution is -2.40. The van der Waals surface area contributed by atoms with E-state index in [0.29, 0.717) is 31.4 Å². The van der Waals surface area contributed by atoms with Gasteiger partial charge in [0.25, 0.3) is 0 Å². The van der Waals surface area contributed by atoms with Crippen LogP contribution in [0.4, 0.5) is 4.79 Å². The molecule has 1 fully saturated rings. The summed E-state index contributed by atoms with van der Waals surface area (Å²) in [6.07, 6.45) is 4.48. The van der Waals surface area contributed by atoms with Gasteiger partial charge < -0.3 is 24.4 Å². The first kappa shape index (κ1) is 18.8. The number of benzene rings is 1. The number of amides is 2. The summed E-state index contributed by atoms with van der Waals surface area (Å²) in [6.45, 7) is 1.75. The summed E-state index contributed by atoms with van der Waals surface area (Å²) in [5.41, 5.74) is 1.15. The zero-order valence-electron chi connectivity index (χ0n) is 15.6. The van der Waals surface area contributed by atoms with Crippen molar-refractivity contribution >= 4 is 6.03 Å². The molecule has 2 aromatic rings. The SMILES string of the molecule is COc1ccc(CCNC(=O)N2CCC(Oc3cncc(OC)n3)C2)cc1. The standard InChI is InChI=1S/C19H24N4O4/c1-25-15-5-3-14(4-6-15)7-9-21-19(24)23-10-8-16(13-23)27-18-12-20-11-17(22-18)26-2/h3-6,11-12,16H,7-10,13H2,1-2H3,(H,21,24). The molecule has 8 heteroatoms. The highest BCUT2D eigenvalue weighted by Gasteiger charge is 2.27. The fraction of sp³-hybridized carbons (Fsp3) is 0.421. The third kappa shape index (κ3) is 5.22. The maximum Gasteiger partial charge on any atom is 0.317 e. The van der Waals surface area contributed by atoms with Gasteiger partial charge in [-0.25, -0.2) is 4.79 Å². The molecule has 1 aromatic heterocycles. The summed E-state index contributed by atoms with van der Waals surface area (Å²) in [6, 6.07) is 7.76. The molecule has 0 aliphatic carbocycles. The highest BCUT2D eigenvalue weighted by molar-refractivity contribution is 5.74. The number of hydrogen-bond donors (Lipinski definition) is 1. The molecule has 2 amide bonds. The Bertz CT molecular complexity index is 754. The van der Waals surface area contributed by atoms with Crippen molar-refractivity contribution in [1.82, 2.24) is 20.2 Å². The third-order valence-electron chi connectivity index (χ3n) is 4.37. The molecule has 1 aliphatic heterocycles. The second-order valence-corrected chi connectivity index (χ2v) is 6.20. The number of carbonyl (C=O) groups excluding carboxylic acids is 1. The number of urea groups is 1. The molecule has 0 radical (unpaired) electrons. The first-order chi connectivity index (χ1) is 13.2. The van der Waals surface area contributed by atoms with Gasteiger partial charge in [0.1, 0.15) is 11.9 Å². The van der Waals surface area contributed by atoms with Crippen LogP contribution in [0.3, 0.4) is 0 Å². The Kier molecular flexibility index (Phi) is 6.30. The third-order valence-corrected chi connectivity index (χ3v) is 4.37. The molecule has 0 bridgehead atoms. The van der Waals surface area contributed by atoms with Crippen LogP contribution < -0.4 is 19.5 Å². The molecule has 0 spiro atoms. The number of likely N-dealkylation sites (tertiary alicyclic amines) is 1. The second-order valence-electron chi connectivity index (χ2n) is 6.20. The van der Waals surface area contributed by atoms with Crippen molar-refractivity contribution in [1.29, 1.82) is 0 Å². The largest absolute Gasteiger partial charge is 0.497 e. The lowest BCUT2D eigenvalue weighted by molar-refractivity contribution is 0.181. The molecule has 144 valence electrons. The quantitative estimate of drug-likeness (QED) is 0.799. The molecule has 27 heavy (non-hydrogen) atoms. The van der Waals surface area contributed by atoms with Gasteiger partial charge >= 0.3 is 6.03 Å². The molecule has 1 unspecified atom stereocenters. The Morgan fingerprint density at radius 2 is 1.96 bits per heavy atom. The Morgan fingerprint density at radius 1 is 1.19 bits per heavy atom. The minimum Gasteiger partial charge on any atom is -0.497 e. The molecule has 2 heterocycles. The molecular formula is C19H24N4O4. The van der Waals surface area contributed by atoms with E-state index in [-0.39, 0.29) is 12.1 Å². The summed E-state index contributed by atoms with van der Waals surface area (Å²) in [5.74, 6) is 1.63. The van der Waals surface area contributed by atoms with Crippen molar-refractivity contribution in [3.63, 3.8) is 0 Å². The number of nitrogens with zero attached hydrogens (tertiary/aromatic N) is 3. The van der Waals surface area contributed by atoms with Crippen molar-refractivity contribution in [2.75, 3.05) is 33.9 Å². The molecule has 1 aromatic carbocycles. The molecule has 1 atom stereocenters. The van der Waals surface area contributed by atoms with Crippen molar-refractivity contribution < 1.29 is 19.0 Å². The van der Waals surface area contributed by atoms with E-state index in [1.165, 1.54) is 13.3 Å². The van der Waals surface area contributed by atoms with Gasteiger partial charge in [-0.2, -0.15) is 4.98 Å². The lowest BCUT2D eigenvalue weighted by atomic mass is 10.1. The zero-order valence-corrected chi connectivity index (χ0v) is 15.6. The molecule has 1 N–H and O–H groups in total. The highest BCUT2D eigenvalue weighted by Crippen LogP contribution is 2.18. The van der Waals surface area contributed by atoms with Crippen LogP contribution in [0.2, 0.25) is 0 Å². The van der Waals surface area contributed by atoms with Crippen LogP contribution in [0.25, 0.3) is 0 Å². The van der Waals surface area contributed by atoms with E-state index in [1.807, 2.05) is 24.3 Å². The first-order valence-corrected chi connectivity index (χ1v) is 8.86.